The van der Waals surface area contributed by atoms with Gasteiger partial charge in [0.05, 0.1) is 10.6 Å². The number of hydrogen-bond acceptors (Lipinski definition) is 5. The van der Waals surface area contributed by atoms with E-state index in [0.29, 0.717) is 11.1 Å². The van der Waals surface area contributed by atoms with Gasteiger partial charge in [-0.1, -0.05) is 78.4 Å². The van der Waals surface area contributed by atoms with E-state index in [2.05, 4.69) is 0 Å². The molecule has 1 heterocycles. The Labute approximate surface area is 251 Å². The Balaban J connectivity index is 1.50. The molecule has 1 aromatic heterocycles. The maximum atomic E-state index is 13.9. The zero-order valence-corrected chi connectivity index (χ0v) is 24.0. The van der Waals surface area contributed by atoms with Crippen LogP contribution in [0.4, 0.5) is 18.9 Å². The molecule has 0 saturated heterocycles. The molecule has 44 heavy (non-hydrogen) atoms. The number of carbonyl (C=O) groups is 2. The van der Waals surface area contributed by atoms with Crippen LogP contribution < -0.4 is 4.90 Å². The molecular formula is C33H25F3N2O5S. The van der Waals surface area contributed by atoms with Gasteiger partial charge >= 0.3 is 12.3 Å². The summed E-state index contributed by atoms with van der Waals surface area (Å²) in [7, 11) is -4.25. The smallest absolute Gasteiger partial charge is 0.456 e. The summed E-state index contributed by atoms with van der Waals surface area (Å²) >= 11 is 0. The lowest BCUT2D eigenvalue weighted by Gasteiger charge is -2.25. The quantitative estimate of drug-likeness (QED) is 0.135. The summed E-state index contributed by atoms with van der Waals surface area (Å²) in [4.78, 5) is 25.8. The summed E-state index contributed by atoms with van der Waals surface area (Å²) in [5.74, 6) is -2.19. The number of esters is 1. The number of amides is 1. The molecule has 0 bridgehead atoms. The minimum Gasteiger partial charge on any atom is -0.456 e. The minimum absolute atomic E-state index is 0.0588. The van der Waals surface area contributed by atoms with Crippen molar-refractivity contribution < 1.29 is 35.9 Å². The third-order valence-corrected chi connectivity index (χ3v) is 8.41. The lowest BCUT2D eigenvalue weighted by atomic mass is 10.1. The number of benzene rings is 4. The summed E-state index contributed by atoms with van der Waals surface area (Å²) in [5, 5.41) is 0. The normalized spacial score (nSPS) is 11.6. The first-order valence-corrected chi connectivity index (χ1v) is 14.7. The predicted molar refractivity (Wildman–Crippen MR) is 158 cm³/mol. The van der Waals surface area contributed by atoms with Crippen molar-refractivity contribution in [2.24, 2.45) is 0 Å². The maximum absolute atomic E-state index is 13.9. The van der Waals surface area contributed by atoms with Crippen LogP contribution in [-0.4, -0.2) is 30.6 Å². The molecule has 0 aliphatic rings. The van der Waals surface area contributed by atoms with Crippen LogP contribution in [0.2, 0.25) is 0 Å². The standard InChI is InChI=1S/C33H25F3N2O5S/c1-23-12-18-29(19-13-23)44(41,42)37-21-27(20-30(37)32(40)43-22-24-8-4-2-5-9-24)25-14-16-26(17-15-25)31(39)38(33(34,35)36)28-10-6-3-7-11-28/h2-21H,22H2,1H3. The number of para-hydroxylation sites is 1. The monoisotopic (exact) mass is 618 g/mol. The molecule has 11 heteroatoms. The number of nitrogens with zero attached hydrogens (tertiary/aromatic N) is 2. The van der Waals surface area contributed by atoms with E-state index in [1.807, 2.05) is 0 Å². The van der Waals surface area contributed by atoms with Gasteiger partial charge in [0.25, 0.3) is 15.9 Å². The first-order valence-electron chi connectivity index (χ1n) is 13.3. The second-order valence-electron chi connectivity index (χ2n) is 9.81. The number of hydrogen-bond donors (Lipinski definition) is 0. The Kier molecular flexibility index (Phi) is 8.41. The average molecular weight is 619 g/mol. The van der Waals surface area contributed by atoms with Crippen molar-refractivity contribution in [2.45, 2.75) is 24.7 Å². The minimum atomic E-state index is -4.98. The Morgan fingerprint density at radius 3 is 1.98 bits per heavy atom. The highest BCUT2D eigenvalue weighted by Crippen LogP contribution is 2.32. The summed E-state index contributed by atoms with van der Waals surface area (Å²) in [6.07, 6.45) is -3.75. The van der Waals surface area contributed by atoms with E-state index in [1.165, 1.54) is 79.0 Å². The predicted octanol–water partition coefficient (Wildman–Crippen LogP) is 7.22. The van der Waals surface area contributed by atoms with Crippen molar-refractivity contribution in [1.82, 2.24) is 3.97 Å². The topological polar surface area (TPSA) is 85.7 Å². The number of alkyl halides is 3. The van der Waals surface area contributed by atoms with E-state index in [-0.39, 0.29) is 38.9 Å². The number of carbonyl (C=O) groups excluding carboxylic acids is 2. The van der Waals surface area contributed by atoms with Gasteiger partial charge in [-0.3, -0.25) is 4.79 Å². The van der Waals surface area contributed by atoms with Crippen LogP contribution in [0.3, 0.4) is 0 Å². The zero-order valence-electron chi connectivity index (χ0n) is 23.2. The van der Waals surface area contributed by atoms with Gasteiger partial charge in [-0.25, -0.2) is 22.1 Å². The van der Waals surface area contributed by atoms with E-state index in [1.54, 1.807) is 49.4 Å². The first-order chi connectivity index (χ1) is 20.9. The Morgan fingerprint density at radius 1 is 0.795 bits per heavy atom. The highest BCUT2D eigenvalue weighted by Gasteiger charge is 2.42. The van der Waals surface area contributed by atoms with Crippen molar-refractivity contribution in [3.8, 4) is 11.1 Å². The molecule has 5 rings (SSSR count). The molecule has 0 saturated carbocycles. The first kappa shape index (κ1) is 30.3. The number of aromatic nitrogens is 1. The van der Waals surface area contributed by atoms with Gasteiger partial charge in [-0.15, -0.1) is 13.2 Å². The van der Waals surface area contributed by atoms with Crippen LogP contribution >= 0.6 is 0 Å². The van der Waals surface area contributed by atoms with E-state index < -0.39 is 28.2 Å². The lowest BCUT2D eigenvalue weighted by molar-refractivity contribution is -0.122. The molecule has 0 fully saturated rings. The summed E-state index contributed by atoms with van der Waals surface area (Å²) in [5.41, 5.74) is 1.30. The van der Waals surface area contributed by atoms with Gasteiger partial charge < -0.3 is 4.74 Å². The van der Waals surface area contributed by atoms with Crippen LogP contribution in [-0.2, 0) is 21.4 Å². The van der Waals surface area contributed by atoms with Crippen molar-refractivity contribution in [1.29, 1.82) is 0 Å². The maximum Gasteiger partial charge on any atom is 0.491 e. The SMILES string of the molecule is Cc1ccc(S(=O)(=O)n2cc(-c3ccc(C(=O)N(c4ccccc4)C(F)(F)F)cc3)cc2C(=O)OCc2ccccc2)cc1. The Hall–Kier alpha value is -5.16. The van der Waals surface area contributed by atoms with Crippen molar-refractivity contribution in [3.63, 3.8) is 0 Å². The fraction of sp³-hybridized carbons (Fsp3) is 0.0909. The van der Waals surface area contributed by atoms with Gasteiger partial charge in [0, 0.05) is 17.3 Å². The highest BCUT2D eigenvalue weighted by atomic mass is 32.2. The molecule has 0 N–H and O–H groups in total. The van der Waals surface area contributed by atoms with E-state index in [9.17, 15) is 31.2 Å². The molecule has 0 aliphatic carbocycles. The van der Waals surface area contributed by atoms with Crippen LogP contribution in [0, 0.1) is 6.92 Å². The molecule has 5 aromatic rings. The molecule has 0 atom stereocenters. The van der Waals surface area contributed by atoms with Gasteiger partial charge in [0.15, 0.2) is 0 Å². The molecular weight excluding hydrogens is 593 g/mol. The molecule has 1 amide bonds. The van der Waals surface area contributed by atoms with Crippen LogP contribution in [0.1, 0.15) is 32.0 Å². The number of anilines is 1. The van der Waals surface area contributed by atoms with Crippen molar-refractivity contribution in [2.75, 3.05) is 4.90 Å². The zero-order chi connectivity index (χ0) is 31.5. The fourth-order valence-corrected chi connectivity index (χ4v) is 5.81. The van der Waals surface area contributed by atoms with Gasteiger partial charge in [0.2, 0.25) is 0 Å². The lowest BCUT2D eigenvalue weighted by Crippen LogP contribution is -2.43. The summed E-state index contributed by atoms with van der Waals surface area (Å²) in [6, 6.07) is 28.1. The molecule has 0 spiro atoms. The second kappa shape index (κ2) is 12.2. The van der Waals surface area contributed by atoms with Crippen LogP contribution in [0.5, 0.6) is 0 Å². The molecule has 7 nitrogen and oxygen atoms in total. The van der Waals surface area contributed by atoms with Gasteiger partial charge in [0.1, 0.15) is 12.3 Å². The Bertz CT molecular complexity index is 1890. The van der Waals surface area contributed by atoms with E-state index in [4.69, 9.17) is 4.74 Å². The van der Waals surface area contributed by atoms with Crippen molar-refractivity contribution >= 4 is 27.6 Å². The van der Waals surface area contributed by atoms with E-state index >= 15 is 0 Å². The van der Waals surface area contributed by atoms with Crippen molar-refractivity contribution in [3.05, 3.63) is 144 Å². The van der Waals surface area contributed by atoms with Gasteiger partial charge in [-0.2, -0.15) is 0 Å². The molecule has 0 aliphatic heterocycles. The molecule has 4 aromatic carbocycles. The van der Waals surface area contributed by atoms with E-state index in [0.717, 1.165) is 9.54 Å². The highest BCUT2D eigenvalue weighted by molar-refractivity contribution is 7.90. The largest absolute Gasteiger partial charge is 0.491 e. The number of halogens is 3. The van der Waals surface area contributed by atoms with Crippen LogP contribution in [0.25, 0.3) is 11.1 Å². The molecule has 0 radical (unpaired) electrons. The summed E-state index contributed by atoms with van der Waals surface area (Å²) < 4.78 is 75.1. The molecule has 0 unspecified atom stereocenters. The van der Waals surface area contributed by atoms with Crippen LogP contribution in [0.15, 0.2) is 126 Å². The third-order valence-electron chi connectivity index (χ3n) is 6.72. The summed E-state index contributed by atoms with van der Waals surface area (Å²) in [6.45, 7) is 1.71. The molecule has 224 valence electrons. The third kappa shape index (κ3) is 6.42. The number of aryl methyl sites for hydroxylation is 1. The Morgan fingerprint density at radius 2 is 1.39 bits per heavy atom. The average Bonchev–Trinajstić information content (AvgIpc) is 3.47. The number of ether oxygens (including phenoxy) is 1. The second-order valence-corrected chi connectivity index (χ2v) is 11.6. The number of rotatable bonds is 8. The fourth-order valence-electron chi connectivity index (χ4n) is 4.46. The van der Waals surface area contributed by atoms with Gasteiger partial charge in [-0.05, 0) is 60.5 Å².